The van der Waals surface area contributed by atoms with Crippen molar-refractivity contribution in [3.05, 3.63) is 57.4 Å². The molecule has 0 aliphatic rings. The average molecular weight is 287 g/mol. The number of rotatable bonds is 4. The molecule has 0 unspecified atom stereocenters. The highest BCUT2D eigenvalue weighted by Crippen LogP contribution is 2.21. The number of anilines is 2. The van der Waals surface area contributed by atoms with Gasteiger partial charge >= 0.3 is 5.97 Å². The van der Waals surface area contributed by atoms with Crippen molar-refractivity contribution >= 4 is 23.3 Å². The lowest BCUT2D eigenvalue weighted by molar-refractivity contribution is 0.0696. The number of ketones is 1. The van der Waals surface area contributed by atoms with Crippen LogP contribution in [-0.2, 0) is 0 Å². The number of carboxylic acids is 1. The lowest BCUT2D eigenvalue weighted by Gasteiger charge is -2.09. The standard InChI is InChI=1S/C15H13NO5/c1-8-7-12(18)13(9(2)17)14(21-8)16-11-5-3-10(4-6-11)15(19)20/h3-7,16H,1-2H3,(H,19,20). The molecule has 0 spiro atoms. The summed E-state index contributed by atoms with van der Waals surface area (Å²) in [5.41, 5.74) is 0.160. The van der Waals surface area contributed by atoms with Crippen molar-refractivity contribution in [1.82, 2.24) is 0 Å². The fourth-order valence-corrected chi connectivity index (χ4v) is 1.86. The molecule has 2 aromatic rings. The highest BCUT2D eigenvalue weighted by Gasteiger charge is 2.15. The summed E-state index contributed by atoms with van der Waals surface area (Å²) in [4.78, 5) is 34.2. The first-order chi connectivity index (χ1) is 9.88. The van der Waals surface area contributed by atoms with E-state index in [-0.39, 0.29) is 17.0 Å². The van der Waals surface area contributed by atoms with E-state index in [1.165, 1.54) is 37.3 Å². The quantitative estimate of drug-likeness (QED) is 0.839. The molecule has 0 amide bonds. The van der Waals surface area contributed by atoms with Crippen molar-refractivity contribution in [3.8, 4) is 0 Å². The zero-order valence-corrected chi connectivity index (χ0v) is 11.5. The Bertz CT molecular complexity index is 759. The van der Waals surface area contributed by atoms with Gasteiger partial charge in [0.1, 0.15) is 11.3 Å². The van der Waals surface area contributed by atoms with E-state index in [0.29, 0.717) is 11.4 Å². The summed E-state index contributed by atoms with van der Waals surface area (Å²) in [6.45, 7) is 2.88. The SMILES string of the molecule is CC(=O)c1c(Nc2ccc(C(=O)O)cc2)oc(C)cc1=O. The maximum atomic E-state index is 11.8. The minimum absolute atomic E-state index is 0.0515. The highest BCUT2D eigenvalue weighted by atomic mass is 16.4. The Morgan fingerprint density at radius 3 is 2.33 bits per heavy atom. The number of hydrogen-bond acceptors (Lipinski definition) is 5. The molecule has 0 bridgehead atoms. The van der Waals surface area contributed by atoms with Crippen molar-refractivity contribution in [2.75, 3.05) is 5.32 Å². The van der Waals surface area contributed by atoms with Crippen molar-refractivity contribution in [2.24, 2.45) is 0 Å². The van der Waals surface area contributed by atoms with E-state index >= 15 is 0 Å². The second-order valence-corrected chi connectivity index (χ2v) is 4.49. The number of benzene rings is 1. The van der Waals surface area contributed by atoms with Crippen molar-refractivity contribution in [2.45, 2.75) is 13.8 Å². The summed E-state index contributed by atoms with van der Waals surface area (Å²) in [6.07, 6.45) is 0. The van der Waals surface area contributed by atoms with Crippen LogP contribution in [0.5, 0.6) is 0 Å². The number of Topliss-reactive ketones (excluding diaryl/α,β-unsaturated/α-hetero) is 1. The molecule has 0 saturated heterocycles. The van der Waals surface area contributed by atoms with Crippen LogP contribution in [0.4, 0.5) is 11.6 Å². The molecule has 6 heteroatoms. The molecule has 1 heterocycles. The van der Waals surface area contributed by atoms with E-state index in [2.05, 4.69) is 5.32 Å². The Labute approximate surface area is 120 Å². The molecular weight excluding hydrogens is 274 g/mol. The van der Waals surface area contributed by atoms with Crippen LogP contribution in [0.2, 0.25) is 0 Å². The van der Waals surface area contributed by atoms with Crippen LogP contribution in [0.1, 0.15) is 33.4 Å². The fraction of sp³-hybridized carbons (Fsp3) is 0.133. The number of aromatic carboxylic acids is 1. The van der Waals surface area contributed by atoms with Crippen LogP contribution >= 0.6 is 0 Å². The molecule has 0 saturated carbocycles. The largest absolute Gasteiger partial charge is 0.478 e. The topological polar surface area (TPSA) is 96.6 Å². The zero-order valence-electron chi connectivity index (χ0n) is 11.5. The van der Waals surface area contributed by atoms with E-state index < -0.39 is 17.2 Å². The summed E-state index contributed by atoms with van der Waals surface area (Å²) in [6, 6.07) is 7.11. The first kappa shape index (κ1) is 14.5. The molecule has 0 atom stereocenters. The van der Waals surface area contributed by atoms with Gasteiger partial charge in [0.05, 0.1) is 5.56 Å². The van der Waals surface area contributed by atoms with Gasteiger partial charge in [-0.2, -0.15) is 0 Å². The van der Waals surface area contributed by atoms with Gasteiger partial charge in [0.15, 0.2) is 11.2 Å². The molecule has 21 heavy (non-hydrogen) atoms. The van der Waals surface area contributed by atoms with E-state index in [1.54, 1.807) is 6.92 Å². The van der Waals surface area contributed by atoms with Crippen LogP contribution in [0.3, 0.4) is 0 Å². The molecule has 108 valence electrons. The van der Waals surface area contributed by atoms with Crippen LogP contribution in [0, 0.1) is 6.92 Å². The highest BCUT2D eigenvalue weighted by molar-refractivity contribution is 5.98. The Morgan fingerprint density at radius 2 is 1.81 bits per heavy atom. The Balaban J connectivity index is 2.41. The predicted molar refractivity (Wildman–Crippen MR) is 76.4 cm³/mol. The second kappa shape index (κ2) is 5.62. The molecule has 0 radical (unpaired) electrons. The van der Waals surface area contributed by atoms with Crippen molar-refractivity contribution in [1.29, 1.82) is 0 Å². The summed E-state index contributed by atoms with van der Waals surface area (Å²) in [7, 11) is 0. The normalized spacial score (nSPS) is 10.2. The van der Waals surface area contributed by atoms with Gasteiger partial charge in [0.25, 0.3) is 0 Å². The number of carboxylic acid groups (broad SMARTS) is 1. The van der Waals surface area contributed by atoms with Crippen LogP contribution in [-0.4, -0.2) is 16.9 Å². The summed E-state index contributed by atoms with van der Waals surface area (Å²) in [5.74, 6) is -1.02. The lowest BCUT2D eigenvalue weighted by Crippen LogP contribution is -2.15. The third-order valence-electron chi connectivity index (χ3n) is 2.81. The van der Waals surface area contributed by atoms with Gasteiger partial charge in [-0.1, -0.05) is 0 Å². The maximum absolute atomic E-state index is 11.8. The first-order valence-corrected chi connectivity index (χ1v) is 6.14. The third-order valence-corrected chi connectivity index (χ3v) is 2.81. The van der Waals surface area contributed by atoms with E-state index in [4.69, 9.17) is 9.52 Å². The fourth-order valence-electron chi connectivity index (χ4n) is 1.86. The molecule has 2 N–H and O–H groups in total. The lowest BCUT2D eigenvalue weighted by atomic mass is 10.1. The number of hydrogen-bond donors (Lipinski definition) is 2. The van der Waals surface area contributed by atoms with E-state index in [9.17, 15) is 14.4 Å². The van der Waals surface area contributed by atoms with Gasteiger partial charge in [-0.3, -0.25) is 9.59 Å². The van der Waals surface area contributed by atoms with E-state index in [0.717, 1.165) is 0 Å². The van der Waals surface area contributed by atoms with Gasteiger partial charge in [-0.15, -0.1) is 0 Å². The van der Waals surface area contributed by atoms with Crippen molar-refractivity contribution in [3.63, 3.8) is 0 Å². The Morgan fingerprint density at radius 1 is 1.19 bits per heavy atom. The Hall–Kier alpha value is -2.89. The smallest absolute Gasteiger partial charge is 0.335 e. The maximum Gasteiger partial charge on any atom is 0.335 e. The van der Waals surface area contributed by atoms with Crippen LogP contribution in [0.25, 0.3) is 0 Å². The summed E-state index contributed by atoms with van der Waals surface area (Å²) >= 11 is 0. The predicted octanol–water partition coefficient (Wildman–Crippen LogP) is 2.59. The van der Waals surface area contributed by atoms with Crippen molar-refractivity contribution < 1.29 is 19.1 Å². The number of carbonyl (C=O) groups excluding carboxylic acids is 1. The number of aryl methyl sites for hydroxylation is 1. The summed E-state index contributed by atoms with van der Waals surface area (Å²) in [5, 5.41) is 11.7. The monoisotopic (exact) mass is 287 g/mol. The average Bonchev–Trinajstić information content (AvgIpc) is 2.37. The Kier molecular flexibility index (Phi) is 3.89. The van der Waals surface area contributed by atoms with Gasteiger partial charge in [0.2, 0.25) is 5.88 Å². The minimum Gasteiger partial charge on any atom is -0.478 e. The van der Waals surface area contributed by atoms with Gasteiger partial charge < -0.3 is 14.8 Å². The molecule has 0 fully saturated rings. The zero-order chi connectivity index (χ0) is 15.6. The van der Waals surface area contributed by atoms with Crippen LogP contribution < -0.4 is 10.7 Å². The molecule has 6 nitrogen and oxygen atoms in total. The molecule has 1 aromatic carbocycles. The molecule has 0 aliphatic heterocycles. The van der Waals surface area contributed by atoms with Gasteiger partial charge in [-0.05, 0) is 38.1 Å². The molecule has 1 aromatic heterocycles. The molecule has 0 aliphatic carbocycles. The molecular formula is C15H13NO5. The van der Waals surface area contributed by atoms with E-state index in [1.807, 2.05) is 0 Å². The van der Waals surface area contributed by atoms with Gasteiger partial charge in [-0.25, -0.2) is 4.79 Å². The summed E-state index contributed by atoms with van der Waals surface area (Å²) < 4.78 is 5.38. The number of nitrogens with one attached hydrogen (secondary N) is 1. The first-order valence-electron chi connectivity index (χ1n) is 6.14. The second-order valence-electron chi connectivity index (χ2n) is 4.49. The van der Waals surface area contributed by atoms with Gasteiger partial charge in [0, 0.05) is 11.8 Å². The number of carbonyl (C=O) groups is 2. The third kappa shape index (κ3) is 3.17. The molecule has 2 rings (SSSR count). The van der Waals surface area contributed by atoms with Crippen LogP contribution in [0.15, 0.2) is 39.5 Å². The minimum atomic E-state index is -1.03.